The van der Waals surface area contributed by atoms with Gasteiger partial charge in [-0.15, -0.1) is 0 Å². The first-order valence-electron chi connectivity index (χ1n) is 7.73. The monoisotopic (exact) mass is 708 g/mol. The van der Waals surface area contributed by atoms with E-state index in [4.69, 9.17) is 0 Å². The summed E-state index contributed by atoms with van der Waals surface area (Å²) < 4.78 is -1.12. The first kappa shape index (κ1) is 21.8. The maximum atomic E-state index is 2.90. The zero-order valence-corrected chi connectivity index (χ0v) is 25.4. The Balaban J connectivity index is 2.70. The van der Waals surface area contributed by atoms with Crippen LogP contribution in [-0.4, -0.2) is 17.1 Å². The van der Waals surface area contributed by atoms with Gasteiger partial charge in [0.05, 0.1) is 0 Å². The molecule has 22 heavy (non-hydrogen) atoms. The van der Waals surface area contributed by atoms with E-state index in [1.54, 1.807) is 16.1 Å². The highest BCUT2D eigenvalue weighted by atomic mass is 127. The van der Waals surface area contributed by atoms with E-state index in [0.29, 0.717) is 20.0 Å². The molecule has 0 nitrogen and oxygen atoms in total. The molecule has 2 atom stereocenters. The third-order valence-electron chi connectivity index (χ3n) is 4.49. The number of hydrogen-bond donors (Lipinski definition) is 0. The van der Waals surface area contributed by atoms with E-state index in [9.17, 15) is 0 Å². The summed E-state index contributed by atoms with van der Waals surface area (Å²) in [5.74, 6) is 0. The predicted molar refractivity (Wildman–Crippen MR) is 140 cm³/mol. The van der Waals surface area contributed by atoms with Gasteiger partial charge in [0.15, 0.2) is 0 Å². The van der Waals surface area contributed by atoms with Crippen molar-refractivity contribution < 1.29 is 0 Å². The summed E-state index contributed by atoms with van der Waals surface area (Å²) in [6.45, 7) is 21.2. The van der Waals surface area contributed by atoms with Gasteiger partial charge in [0.25, 0.3) is 0 Å². The summed E-state index contributed by atoms with van der Waals surface area (Å²) in [4.78, 5) is 0. The Bertz CT molecular complexity index is 557. The molecule has 7 heteroatoms. The van der Waals surface area contributed by atoms with Crippen LogP contribution in [0.15, 0.2) is 0 Å². The minimum Gasteiger partial charge on any atom is -0.366 e. The van der Waals surface area contributed by atoms with Crippen LogP contribution in [0, 0.1) is 16.2 Å². The van der Waals surface area contributed by atoms with Gasteiger partial charge in [0.2, 0.25) is 0 Å². The zero-order chi connectivity index (χ0) is 17.6. The molecule has 0 radical (unpaired) electrons. The van der Waals surface area contributed by atoms with E-state index in [2.05, 4.69) is 123 Å². The second-order valence-corrected chi connectivity index (χ2v) is 59.2. The molecule has 0 bridgehead atoms. The molecule has 1 spiro atoms. The van der Waals surface area contributed by atoms with Gasteiger partial charge in [-0.05, 0) is 5.41 Å². The fourth-order valence-corrected chi connectivity index (χ4v) is 57.4. The molecular formula is C15H27AlI3P3. The fraction of sp³-hybridized carbons (Fsp3) is 0.867. The maximum absolute atomic E-state index is 2.90. The van der Waals surface area contributed by atoms with Crippen LogP contribution in [0.2, 0.25) is 0 Å². The molecule has 2 unspecified atom stereocenters. The van der Waals surface area contributed by atoms with Gasteiger partial charge in [0, 0.05) is 14.6 Å². The molecule has 2 heterocycles. The van der Waals surface area contributed by atoms with E-state index in [1.807, 2.05) is 10.1 Å². The smallest absolute Gasteiger partial charge is 0.366 e. The quantitative estimate of drug-likeness (QED) is 0.145. The molecule has 0 saturated carbocycles. The Morgan fingerprint density at radius 2 is 1.23 bits per heavy atom. The first-order chi connectivity index (χ1) is 9.43. The van der Waals surface area contributed by atoms with E-state index >= 15 is 0 Å². The highest BCUT2D eigenvalue weighted by molar-refractivity contribution is 14.4. The Kier molecular flexibility index (Phi) is 5.94. The zero-order valence-electron chi connectivity index (χ0n) is 15.1. The average Bonchev–Trinajstić information content (AvgIpc) is 2.83. The van der Waals surface area contributed by atoms with E-state index in [0.717, 1.165) is 0 Å². The van der Waals surface area contributed by atoms with Crippen molar-refractivity contribution in [3.05, 3.63) is 0 Å². The standard InChI is InChI=1S/C15H27P3.Al.3HI/c1-13(2,3)10-16-11(14(4,5)6)18(10)12(17-18)15(7,8)9;;;;/h1-9H3;;3*1H/q+1;+2;;;/p-3. The lowest BCUT2D eigenvalue weighted by Gasteiger charge is -2.60. The third kappa shape index (κ3) is 3.04. The lowest BCUT2D eigenvalue weighted by atomic mass is 9.98. The third-order valence-corrected chi connectivity index (χ3v) is 42.6. The van der Waals surface area contributed by atoms with Gasteiger partial charge >= 0.3 is 3.23 Å². The van der Waals surface area contributed by atoms with Crippen molar-refractivity contribution in [2.75, 3.05) is 0 Å². The lowest BCUT2D eigenvalue weighted by Crippen LogP contribution is -2.58. The number of hydrogen-bond acceptors (Lipinski definition) is 0. The SMILES string of the molecule is CC(C)(C)C1=P[C](C(C)(C)C)([Al-]([I])([I])[I])[P+]12P=C2C(C)(C)C. The van der Waals surface area contributed by atoms with Crippen LogP contribution >= 0.6 is 83.9 Å². The van der Waals surface area contributed by atoms with Crippen molar-refractivity contribution in [3.63, 3.8) is 0 Å². The van der Waals surface area contributed by atoms with E-state index in [-0.39, 0.29) is 0 Å². The van der Waals surface area contributed by atoms with Crippen LogP contribution in [0.25, 0.3) is 0 Å². The Hall–Kier alpha value is 3.49. The average molecular weight is 708 g/mol. The van der Waals surface area contributed by atoms with Crippen LogP contribution < -0.4 is 0 Å². The van der Waals surface area contributed by atoms with Gasteiger partial charge in [-0.2, -0.15) is 0 Å². The molecule has 2 rings (SSSR count). The minimum atomic E-state index is -1.70. The van der Waals surface area contributed by atoms with E-state index in [1.165, 1.54) is 0 Å². The molecule has 0 aliphatic carbocycles. The maximum Gasteiger partial charge on any atom is 0.420 e. The Morgan fingerprint density at radius 3 is 1.45 bits per heavy atom. The molecule has 0 saturated heterocycles. The van der Waals surface area contributed by atoms with Gasteiger partial charge < -0.3 is 60.8 Å². The predicted octanol–water partition coefficient (Wildman–Crippen LogP) is 8.72. The van der Waals surface area contributed by atoms with Crippen LogP contribution in [0.1, 0.15) is 62.3 Å². The molecule has 0 amide bonds. The second kappa shape index (κ2) is 5.99. The van der Waals surface area contributed by atoms with Gasteiger partial charge in [-0.25, -0.2) is 0 Å². The van der Waals surface area contributed by atoms with Crippen molar-refractivity contribution in [2.24, 2.45) is 16.2 Å². The second-order valence-electron chi connectivity index (χ2n) is 9.55. The van der Waals surface area contributed by atoms with Crippen LogP contribution in [0.4, 0.5) is 0 Å². The Labute approximate surface area is 177 Å². The molecule has 0 aromatic carbocycles. The van der Waals surface area contributed by atoms with Crippen LogP contribution in [-0.2, 0) is 0 Å². The first-order valence-corrected chi connectivity index (χ1v) is 25.1. The molecule has 126 valence electrons. The van der Waals surface area contributed by atoms with Gasteiger partial charge in [-0.3, -0.25) is 0 Å². The fourth-order valence-electron chi connectivity index (χ4n) is 3.65. The normalized spacial score (nSPS) is 34.0. The molecule has 2 aliphatic heterocycles. The summed E-state index contributed by atoms with van der Waals surface area (Å²) in [5, 5.41) is 3.85. The molecule has 0 N–H and O–H groups in total. The molecule has 2 aliphatic rings. The topological polar surface area (TPSA) is 0 Å². The molecular weight excluding hydrogens is 681 g/mol. The molecule has 0 aromatic heterocycles. The lowest BCUT2D eigenvalue weighted by molar-refractivity contribution is 0.425. The van der Waals surface area contributed by atoms with Crippen LogP contribution in [0.5, 0.6) is 0 Å². The number of rotatable bonds is 1. The van der Waals surface area contributed by atoms with E-state index < -0.39 is 10.2 Å². The summed E-state index contributed by atoms with van der Waals surface area (Å²) in [6.07, 6.45) is 0. The van der Waals surface area contributed by atoms with Crippen molar-refractivity contribution in [1.82, 2.24) is 0 Å². The molecule has 0 fully saturated rings. The summed E-state index contributed by atoms with van der Waals surface area (Å²) in [5.41, 5.74) is 1.16. The molecule has 0 aromatic rings. The highest BCUT2D eigenvalue weighted by Gasteiger charge is 2.85. The summed E-state index contributed by atoms with van der Waals surface area (Å²) >= 11 is 8.71. The minimum absolute atomic E-state index is 0.373. The van der Waals surface area contributed by atoms with Crippen molar-refractivity contribution in [3.8, 4) is 0 Å². The van der Waals surface area contributed by atoms with Crippen molar-refractivity contribution >= 4 is 97.2 Å². The van der Waals surface area contributed by atoms with Crippen LogP contribution in [0.3, 0.4) is 0 Å². The summed E-state index contributed by atoms with van der Waals surface area (Å²) in [6, 6.07) is 0. The van der Waals surface area contributed by atoms with Gasteiger partial charge in [0.1, 0.15) is 24.9 Å². The number of halogens is 3. The largest absolute Gasteiger partial charge is 0.420 e. The Morgan fingerprint density at radius 1 is 0.818 bits per heavy atom. The highest BCUT2D eigenvalue weighted by Crippen LogP contribution is 3.07. The van der Waals surface area contributed by atoms with Crippen molar-refractivity contribution in [1.29, 1.82) is 0 Å². The summed E-state index contributed by atoms with van der Waals surface area (Å²) in [7, 11) is 3.46. The van der Waals surface area contributed by atoms with Gasteiger partial charge in [-0.1, -0.05) is 70.5 Å². The van der Waals surface area contributed by atoms with Crippen molar-refractivity contribution in [2.45, 2.75) is 66.1 Å².